The monoisotopic (exact) mass is 598 g/mol. The topological polar surface area (TPSA) is 75.6 Å². The van der Waals surface area contributed by atoms with Crippen molar-refractivity contribution >= 4 is 22.4 Å². The van der Waals surface area contributed by atoms with E-state index >= 15 is 13.2 Å². The molecular formula is C32H41F3N6O2. The van der Waals surface area contributed by atoms with Crippen LogP contribution in [0.15, 0.2) is 24.3 Å². The van der Waals surface area contributed by atoms with Crippen molar-refractivity contribution in [2.24, 2.45) is 5.92 Å². The number of aryl methyl sites for hydroxylation is 1. The van der Waals surface area contributed by atoms with E-state index in [0.29, 0.717) is 76.2 Å². The van der Waals surface area contributed by atoms with E-state index in [1.165, 1.54) is 12.1 Å². The molecule has 1 atom stereocenters. The number of benzene rings is 1. The van der Waals surface area contributed by atoms with Crippen LogP contribution in [0.4, 0.5) is 24.8 Å². The molecule has 0 unspecified atom stereocenters. The van der Waals surface area contributed by atoms with Gasteiger partial charge < -0.3 is 24.6 Å². The Balaban J connectivity index is 1.41. The normalized spacial score (nSPS) is 25.1. The van der Waals surface area contributed by atoms with Gasteiger partial charge in [-0.25, -0.2) is 13.2 Å². The summed E-state index contributed by atoms with van der Waals surface area (Å²) in [6.45, 7) is 8.83. The molecule has 2 aromatic heterocycles. The fourth-order valence-corrected chi connectivity index (χ4v) is 6.56. The summed E-state index contributed by atoms with van der Waals surface area (Å²) < 4.78 is 59.5. The lowest BCUT2D eigenvalue weighted by atomic mass is 9.85. The number of rotatable bonds is 1. The van der Waals surface area contributed by atoms with Crippen LogP contribution in [0.5, 0.6) is 5.88 Å². The van der Waals surface area contributed by atoms with E-state index in [2.05, 4.69) is 25.3 Å². The molecule has 1 N–H and O–H groups in total. The Kier molecular flexibility index (Phi) is 8.90. The lowest BCUT2D eigenvalue weighted by Gasteiger charge is -2.36. The lowest BCUT2D eigenvalue weighted by Crippen LogP contribution is -2.40. The summed E-state index contributed by atoms with van der Waals surface area (Å²) in [5, 5.41) is 13.6. The van der Waals surface area contributed by atoms with Crippen molar-refractivity contribution in [1.82, 2.24) is 20.1 Å². The number of alkyl halides is 2. The lowest BCUT2D eigenvalue weighted by molar-refractivity contribution is -0.0880. The maximum Gasteiger partial charge on any atom is 0.278 e. The van der Waals surface area contributed by atoms with Crippen molar-refractivity contribution in [3.63, 3.8) is 0 Å². The largest absolute Gasteiger partial charge is 0.477 e. The maximum atomic E-state index is 16.0. The van der Waals surface area contributed by atoms with Crippen LogP contribution < -0.4 is 15.0 Å². The Morgan fingerprint density at radius 2 is 1.72 bits per heavy atom. The highest BCUT2D eigenvalue weighted by atomic mass is 19.3. The van der Waals surface area contributed by atoms with Crippen molar-refractivity contribution in [3.8, 4) is 5.88 Å². The second-order valence-electron chi connectivity index (χ2n) is 12.0. The smallest absolute Gasteiger partial charge is 0.278 e. The molecule has 4 aliphatic rings. The zero-order valence-corrected chi connectivity index (χ0v) is 25.1. The number of morpholine rings is 1. The standard InChI is InChI=1S/C32H41F3N6O2/c1-21-24-8-7-9-26(29(24)33)32(34,35)23-10-13-40(14-11-23)12-5-3-4-6-17-43-31-28-22(2)38-39-30(36-21)25(28)20-27(37-31)41-15-18-42-19-16-41/h7-9,20-21,23H,3-6,10-19H2,1-2H3,(H,36,39)/t21-/m1/s1. The number of aromatic nitrogens is 3. The Hall–Kier alpha value is -3.18. The average Bonchev–Trinajstić information content (AvgIpc) is 3.02. The molecule has 8 bridgehead atoms. The van der Waals surface area contributed by atoms with Crippen molar-refractivity contribution in [2.45, 2.75) is 64.3 Å². The van der Waals surface area contributed by atoms with Crippen LogP contribution in [0.1, 0.15) is 68.3 Å². The minimum Gasteiger partial charge on any atom is -0.477 e. The molecule has 0 amide bonds. The Morgan fingerprint density at radius 3 is 2.51 bits per heavy atom. The van der Waals surface area contributed by atoms with Gasteiger partial charge >= 0.3 is 0 Å². The Labute approximate surface area is 251 Å². The fourth-order valence-electron chi connectivity index (χ4n) is 6.56. The third kappa shape index (κ3) is 6.24. The van der Waals surface area contributed by atoms with Crippen molar-refractivity contribution in [2.75, 3.05) is 62.8 Å². The third-order valence-corrected chi connectivity index (χ3v) is 9.14. The number of nitrogens with zero attached hydrogens (tertiary/aromatic N) is 5. The number of anilines is 2. The van der Waals surface area contributed by atoms with Crippen LogP contribution in [0.2, 0.25) is 0 Å². The van der Waals surface area contributed by atoms with Gasteiger partial charge in [-0.2, -0.15) is 10.1 Å². The molecule has 232 valence electrons. The molecule has 7 rings (SSSR count). The fraction of sp³-hybridized carbons (Fsp3) is 0.594. The molecule has 1 aromatic carbocycles. The van der Waals surface area contributed by atoms with Gasteiger partial charge in [0.2, 0.25) is 5.88 Å². The predicted octanol–water partition coefficient (Wildman–Crippen LogP) is 6.24. The molecule has 8 nitrogen and oxygen atoms in total. The Bertz CT molecular complexity index is 1430. The Morgan fingerprint density at radius 1 is 0.953 bits per heavy atom. The summed E-state index contributed by atoms with van der Waals surface area (Å²) in [5.41, 5.74) is 0.298. The van der Waals surface area contributed by atoms with Gasteiger partial charge in [0, 0.05) is 30.0 Å². The first kappa shape index (κ1) is 29.9. The van der Waals surface area contributed by atoms with Crippen molar-refractivity contribution in [3.05, 3.63) is 46.9 Å². The number of fused-ring (bicyclic) bond motifs is 9. The highest BCUT2D eigenvalue weighted by molar-refractivity contribution is 5.98. The molecule has 3 aromatic rings. The average molecular weight is 599 g/mol. The highest BCUT2D eigenvalue weighted by Gasteiger charge is 2.45. The van der Waals surface area contributed by atoms with E-state index in [1.54, 1.807) is 13.0 Å². The quantitative estimate of drug-likeness (QED) is 0.353. The summed E-state index contributed by atoms with van der Waals surface area (Å²) >= 11 is 0. The molecule has 0 aliphatic carbocycles. The van der Waals surface area contributed by atoms with Gasteiger partial charge in [0.15, 0.2) is 5.82 Å². The summed E-state index contributed by atoms with van der Waals surface area (Å²) in [7, 11) is 0. The zero-order chi connectivity index (χ0) is 30.0. The number of nitrogens with one attached hydrogen (secondary N) is 1. The van der Waals surface area contributed by atoms with E-state index in [-0.39, 0.29) is 5.56 Å². The molecule has 6 heterocycles. The van der Waals surface area contributed by atoms with Crippen molar-refractivity contribution < 1.29 is 22.6 Å². The minimum absolute atomic E-state index is 0.162. The molecule has 2 saturated heterocycles. The van der Waals surface area contributed by atoms with Crippen LogP contribution >= 0.6 is 0 Å². The first-order chi connectivity index (χ1) is 20.8. The zero-order valence-electron chi connectivity index (χ0n) is 25.1. The predicted molar refractivity (Wildman–Crippen MR) is 161 cm³/mol. The van der Waals surface area contributed by atoms with Gasteiger partial charge in [-0.3, -0.25) is 0 Å². The minimum atomic E-state index is -3.26. The van der Waals surface area contributed by atoms with Crippen LogP contribution in [-0.2, 0) is 10.7 Å². The first-order valence-electron chi connectivity index (χ1n) is 15.6. The number of halogens is 3. The van der Waals surface area contributed by atoms with E-state index in [4.69, 9.17) is 14.5 Å². The molecular weight excluding hydrogens is 557 g/mol. The maximum absolute atomic E-state index is 16.0. The SMILES string of the molecule is Cc1nnc2c3cc(N4CCOCC4)nc(c13)OCCCCCCN1CCC(CC1)C(F)(F)c1cccc(c1F)[C@@H](C)N2. The number of hydrogen-bond donors (Lipinski definition) is 1. The van der Waals surface area contributed by atoms with Crippen LogP contribution in [0.25, 0.3) is 10.8 Å². The molecule has 4 aliphatic heterocycles. The van der Waals surface area contributed by atoms with Gasteiger partial charge in [-0.05, 0) is 65.2 Å². The summed E-state index contributed by atoms with van der Waals surface area (Å²) in [6.07, 6.45) is 4.64. The summed E-state index contributed by atoms with van der Waals surface area (Å²) in [5.74, 6) is -3.37. The van der Waals surface area contributed by atoms with E-state index in [9.17, 15) is 0 Å². The van der Waals surface area contributed by atoms with Gasteiger partial charge in [-0.15, -0.1) is 5.10 Å². The second kappa shape index (κ2) is 12.8. The van der Waals surface area contributed by atoms with E-state index in [0.717, 1.165) is 48.8 Å². The van der Waals surface area contributed by atoms with Gasteiger partial charge in [-0.1, -0.05) is 31.0 Å². The van der Waals surface area contributed by atoms with Gasteiger partial charge in [0.25, 0.3) is 5.92 Å². The molecule has 2 fully saturated rings. The summed E-state index contributed by atoms with van der Waals surface area (Å²) in [4.78, 5) is 9.32. The van der Waals surface area contributed by atoms with Crippen LogP contribution in [-0.4, -0.2) is 72.6 Å². The molecule has 0 saturated carbocycles. The molecule has 0 radical (unpaired) electrons. The summed E-state index contributed by atoms with van der Waals surface area (Å²) in [6, 6.07) is 5.61. The molecule has 11 heteroatoms. The van der Waals surface area contributed by atoms with Crippen LogP contribution in [0.3, 0.4) is 0 Å². The van der Waals surface area contributed by atoms with Gasteiger partial charge in [0.1, 0.15) is 11.6 Å². The first-order valence-corrected chi connectivity index (χ1v) is 15.6. The number of ether oxygens (including phenoxy) is 2. The molecule has 0 spiro atoms. The van der Waals surface area contributed by atoms with Crippen molar-refractivity contribution in [1.29, 1.82) is 0 Å². The van der Waals surface area contributed by atoms with Crippen LogP contribution in [0, 0.1) is 18.7 Å². The third-order valence-electron chi connectivity index (χ3n) is 9.14. The number of pyridine rings is 1. The van der Waals surface area contributed by atoms with E-state index < -0.39 is 29.3 Å². The van der Waals surface area contributed by atoms with Gasteiger partial charge in [0.05, 0.1) is 42.5 Å². The second-order valence-corrected chi connectivity index (χ2v) is 12.0. The highest BCUT2D eigenvalue weighted by Crippen LogP contribution is 2.44. The van der Waals surface area contributed by atoms with E-state index in [1.807, 2.05) is 13.0 Å². The number of piperidine rings is 1. The number of hydrogen-bond acceptors (Lipinski definition) is 8. The molecule has 43 heavy (non-hydrogen) atoms.